The third-order valence-corrected chi connectivity index (χ3v) is 4.52. The van der Waals surface area contributed by atoms with Crippen LogP contribution in [0.15, 0.2) is 67.0 Å². The number of benzene rings is 2. The highest BCUT2D eigenvalue weighted by molar-refractivity contribution is 6.31. The van der Waals surface area contributed by atoms with Gasteiger partial charge in [0.25, 0.3) is 0 Å². The number of carbonyl (C=O) groups is 1. The van der Waals surface area contributed by atoms with Crippen LogP contribution in [-0.2, 0) is 11.2 Å². The first-order valence-electron chi connectivity index (χ1n) is 8.89. The molecule has 4 rings (SSSR count). The van der Waals surface area contributed by atoms with Crippen molar-refractivity contribution < 1.29 is 9.53 Å². The lowest BCUT2D eigenvalue weighted by Crippen LogP contribution is -2.06. The van der Waals surface area contributed by atoms with Gasteiger partial charge < -0.3 is 4.74 Å². The van der Waals surface area contributed by atoms with E-state index in [4.69, 9.17) is 16.3 Å². The van der Waals surface area contributed by atoms with Crippen LogP contribution in [0.4, 0.5) is 0 Å². The van der Waals surface area contributed by atoms with Gasteiger partial charge in [-0.15, -0.1) is 5.10 Å². The predicted molar refractivity (Wildman–Crippen MR) is 107 cm³/mol. The zero-order valence-electron chi connectivity index (χ0n) is 15.0. The molecule has 2 heterocycles. The molecule has 0 fully saturated rings. The number of hydrogen-bond acceptors (Lipinski definition) is 5. The number of aryl methyl sites for hydroxylation is 1. The van der Waals surface area contributed by atoms with E-state index in [1.54, 1.807) is 23.0 Å². The molecule has 0 radical (unpaired) electrons. The molecule has 0 spiro atoms. The van der Waals surface area contributed by atoms with Crippen molar-refractivity contribution in [2.45, 2.75) is 12.8 Å². The number of pyridine rings is 1. The fourth-order valence-electron chi connectivity index (χ4n) is 2.91. The van der Waals surface area contributed by atoms with Crippen LogP contribution in [0.1, 0.15) is 22.5 Å². The summed E-state index contributed by atoms with van der Waals surface area (Å²) in [6, 6.07) is 16.4. The molecule has 0 bridgehead atoms. The second kappa shape index (κ2) is 8.19. The summed E-state index contributed by atoms with van der Waals surface area (Å²) >= 11 is 6.04. The Balaban J connectivity index is 1.38. The van der Waals surface area contributed by atoms with Crippen LogP contribution in [-0.4, -0.2) is 32.6 Å². The zero-order valence-corrected chi connectivity index (χ0v) is 15.7. The maximum Gasteiger partial charge on any atom is 0.338 e. The molecule has 6 nitrogen and oxygen atoms in total. The van der Waals surface area contributed by atoms with Crippen molar-refractivity contribution in [3.05, 3.63) is 83.3 Å². The van der Waals surface area contributed by atoms with E-state index < -0.39 is 0 Å². The van der Waals surface area contributed by atoms with Crippen molar-refractivity contribution in [1.29, 1.82) is 0 Å². The van der Waals surface area contributed by atoms with Gasteiger partial charge in [0.2, 0.25) is 0 Å². The Bertz CT molecular complexity index is 1110. The van der Waals surface area contributed by atoms with Crippen LogP contribution >= 0.6 is 11.6 Å². The molecule has 0 aliphatic carbocycles. The highest BCUT2D eigenvalue weighted by Crippen LogP contribution is 2.23. The van der Waals surface area contributed by atoms with Gasteiger partial charge in [0.05, 0.1) is 35.3 Å². The Hall–Kier alpha value is -3.25. The number of rotatable bonds is 6. The van der Waals surface area contributed by atoms with Crippen molar-refractivity contribution in [3.63, 3.8) is 0 Å². The number of halogens is 1. The third-order valence-electron chi connectivity index (χ3n) is 4.29. The highest BCUT2D eigenvalue weighted by atomic mass is 35.5. The molecule has 4 aromatic rings. The van der Waals surface area contributed by atoms with Gasteiger partial charge in [0.1, 0.15) is 0 Å². The molecule has 0 atom stereocenters. The molecule has 0 saturated carbocycles. The van der Waals surface area contributed by atoms with Crippen LogP contribution < -0.4 is 0 Å². The van der Waals surface area contributed by atoms with Crippen molar-refractivity contribution in [1.82, 2.24) is 20.0 Å². The summed E-state index contributed by atoms with van der Waals surface area (Å²) in [7, 11) is 0. The van der Waals surface area contributed by atoms with Gasteiger partial charge >= 0.3 is 5.97 Å². The van der Waals surface area contributed by atoms with Gasteiger partial charge in [-0.25, -0.2) is 9.48 Å². The topological polar surface area (TPSA) is 69.9 Å². The van der Waals surface area contributed by atoms with Crippen molar-refractivity contribution in [3.8, 4) is 5.69 Å². The lowest BCUT2D eigenvalue weighted by molar-refractivity contribution is 0.0500. The van der Waals surface area contributed by atoms with E-state index in [0.717, 1.165) is 22.3 Å². The quantitative estimate of drug-likeness (QED) is 0.362. The molecule has 0 amide bonds. The van der Waals surface area contributed by atoms with Gasteiger partial charge in [-0.2, -0.15) is 0 Å². The SMILES string of the molecule is O=C(OCCCc1cn(-c2ccnc3cc(Cl)ccc23)nn1)c1ccccc1. The molecular weight excluding hydrogens is 376 g/mol. The normalized spacial score (nSPS) is 10.9. The van der Waals surface area contributed by atoms with E-state index in [1.165, 1.54) is 0 Å². The summed E-state index contributed by atoms with van der Waals surface area (Å²) in [5.41, 5.74) is 3.07. The molecule has 0 saturated heterocycles. The summed E-state index contributed by atoms with van der Waals surface area (Å²) in [4.78, 5) is 16.3. The first-order chi connectivity index (χ1) is 13.7. The smallest absolute Gasteiger partial charge is 0.338 e. The summed E-state index contributed by atoms with van der Waals surface area (Å²) in [5.74, 6) is -0.314. The van der Waals surface area contributed by atoms with E-state index in [-0.39, 0.29) is 5.97 Å². The first kappa shape index (κ1) is 18.1. The van der Waals surface area contributed by atoms with E-state index >= 15 is 0 Å². The Morgan fingerprint density at radius 2 is 1.96 bits per heavy atom. The molecular formula is C21H17ClN4O2. The number of ether oxygens (including phenoxy) is 1. The standard InChI is InChI=1S/C21H17ClN4O2/c22-16-8-9-18-19(13-16)23-11-10-20(18)26-14-17(24-25-26)7-4-12-28-21(27)15-5-2-1-3-6-15/h1-3,5-6,8-11,13-14H,4,7,12H2. The van der Waals surface area contributed by atoms with Crippen LogP contribution in [0.25, 0.3) is 16.6 Å². The number of nitrogens with zero attached hydrogens (tertiary/aromatic N) is 4. The average Bonchev–Trinajstić information content (AvgIpc) is 3.19. The summed E-state index contributed by atoms with van der Waals surface area (Å²) in [6.45, 7) is 0.331. The van der Waals surface area contributed by atoms with E-state index in [9.17, 15) is 4.79 Å². The number of hydrogen-bond donors (Lipinski definition) is 0. The zero-order chi connectivity index (χ0) is 19.3. The Morgan fingerprint density at radius 3 is 2.82 bits per heavy atom. The molecule has 0 unspecified atom stereocenters. The second-order valence-electron chi connectivity index (χ2n) is 6.25. The van der Waals surface area contributed by atoms with E-state index in [0.29, 0.717) is 30.0 Å². The van der Waals surface area contributed by atoms with Gasteiger partial charge in [-0.05, 0) is 49.2 Å². The minimum absolute atomic E-state index is 0.314. The summed E-state index contributed by atoms with van der Waals surface area (Å²) in [6.07, 6.45) is 4.93. The van der Waals surface area contributed by atoms with Gasteiger partial charge in [0.15, 0.2) is 0 Å². The molecule has 2 aromatic heterocycles. The number of aromatic nitrogens is 4. The monoisotopic (exact) mass is 392 g/mol. The Labute approximate surface area is 166 Å². The van der Waals surface area contributed by atoms with Crippen molar-refractivity contribution in [2.24, 2.45) is 0 Å². The van der Waals surface area contributed by atoms with Crippen molar-refractivity contribution >= 4 is 28.5 Å². The number of esters is 1. The van der Waals surface area contributed by atoms with Gasteiger partial charge in [-0.1, -0.05) is 35.0 Å². The lowest BCUT2D eigenvalue weighted by Gasteiger charge is -2.05. The maximum atomic E-state index is 11.9. The third kappa shape index (κ3) is 4.02. The molecule has 28 heavy (non-hydrogen) atoms. The van der Waals surface area contributed by atoms with Crippen molar-refractivity contribution in [2.75, 3.05) is 6.61 Å². The van der Waals surface area contributed by atoms with E-state index in [2.05, 4.69) is 15.3 Å². The fraction of sp³-hybridized carbons (Fsp3) is 0.143. The predicted octanol–water partition coefficient (Wildman–Crippen LogP) is 4.26. The van der Waals surface area contributed by atoms with Crippen LogP contribution in [0.5, 0.6) is 0 Å². The lowest BCUT2D eigenvalue weighted by atomic mass is 10.2. The Kier molecular flexibility index (Phi) is 5.30. The van der Waals surface area contributed by atoms with Gasteiger partial charge in [-0.3, -0.25) is 4.98 Å². The molecule has 0 N–H and O–H groups in total. The molecule has 7 heteroatoms. The highest BCUT2D eigenvalue weighted by Gasteiger charge is 2.09. The first-order valence-corrected chi connectivity index (χ1v) is 9.26. The fourth-order valence-corrected chi connectivity index (χ4v) is 3.08. The minimum Gasteiger partial charge on any atom is -0.462 e. The molecule has 0 aliphatic rings. The molecule has 140 valence electrons. The van der Waals surface area contributed by atoms with Crippen LogP contribution in [0, 0.1) is 0 Å². The minimum atomic E-state index is -0.314. The second-order valence-corrected chi connectivity index (χ2v) is 6.69. The van der Waals surface area contributed by atoms with Crippen LogP contribution in [0.3, 0.4) is 0 Å². The van der Waals surface area contributed by atoms with Crippen LogP contribution in [0.2, 0.25) is 5.02 Å². The number of fused-ring (bicyclic) bond motifs is 1. The molecule has 2 aromatic carbocycles. The largest absolute Gasteiger partial charge is 0.462 e. The van der Waals surface area contributed by atoms with Gasteiger partial charge in [0, 0.05) is 16.6 Å². The molecule has 0 aliphatic heterocycles. The van der Waals surface area contributed by atoms with E-state index in [1.807, 2.05) is 48.7 Å². The maximum absolute atomic E-state index is 11.9. The average molecular weight is 393 g/mol. The summed E-state index contributed by atoms with van der Waals surface area (Å²) in [5, 5.41) is 10.0. The Morgan fingerprint density at radius 1 is 1.11 bits per heavy atom. The summed E-state index contributed by atoms with van der Waals surface area (Å²) < 4.78 is 7.02. The number of carbonyl (C=O) groups excluding carboxylic acids is 1.